The molecule has 0 aromatic heterocycles. The maximum absolute atomic E-state index is 9.25. The summed E-state index contributed by atoms with van der Waals surface area (Å²) in [5.41, 5.74) is 1.17. The third-order valence-corrected chi connectivity index (χ3v) is 1.21. The van der Waals surface area contributed by atoms with Crippen molar-refractivity contribution in [1.29, 1.82) is 0 Å². The third-order valence-electron chi connectivity index (χ3n) is 1.21. The number of rotatable bonds is 2. The zero-order valence-corrected chi connectivity index (χ0v) is 10.3. The Kier molecular flexibility index (Phi) is 12.6. The molecule has 0 unspecified atom stereocenters. The van der Waals surface area contributed by atoms with Gasteiger partial charge in [-0.25, -0.2) is 4.79 Å². The Hall–Kier alpha value is -1.87. The predicted molar refractivity (Wildman–Crippen MR) is 71.7 cm³/mol. The van der Waals surface area contributed by atoms with E-state index < -0.39 is 5.97 Å². The molecule has 1 aromatic carbocycles. The van der Waals surface area contributed by atoms with E-state index in [1.165, 1.54) is 5.56 Å². The molecule has 0 aliphatic heterocycles. The van der Waals surface area contributed by atoms with Crippen molar-refractivity contribution in [3.8, 4) is 0 Å². The number of aliphatic hydroxyl groups excluding tert-OH is 1. The summed E-state index contributed by atoms with van der Waals surface area (Å²) in [6.45, 7) is 10.0. The summed E-state index contributed by atoms with van der Waals surface area (Å²) in [7, 11) is 0. The number of aliphatic hydroxyl groups is 1. The van der Waals surface area contributed by atoms with Crippen LogP contribution in [0.2, 0.25) is 0 Å². The average molecular weight is 236 g/mol. The van der Waals surface area contributed by atoms with Crippen molar-refractivity contribution in [2.75, 3.05) is 0 Å². The van der Waals surface area contributed by atoms with Crippen molar-refractivity contribution in [1.82, 2.24) is 0 Å². The first-order valence-electron chi connectivity index (χ1n) is 5.15. The molecule has 1 rings (SSSR count). The normalized spacial score (nSPS) is 8.00. The summed E-state index contributed by atoms with van der Waals surface area (Å²) >= 11 is 0. The van der Waals surface area contributed by atoms with Gasteiger partial charge in [0, 0.05) is 12.2 Å². The molecule has 2 N–H and O–H groups in total. The molecule has 0 heterocycles. The molecule has 0 aliphatic rings. The second-order valence-corrected chi connectivity index (χ2v) is 3.25. The van der Waals surface area contributed by atoms with Gasteiger partial charge in [0.05, 0.1) is 0 Å². The molecule has 94 valence electrons. The van der Waals surface area contributed by atoms with Gasteiger partial charge in [0.1, 0.15) is 0 Å². The van der Waals surface area contributed by atoms with Gasteiger partial charge >= 0.3 is 5.97 Å². The van der Waals surface area contributed by atoms with E-state index in [9.17, 15) is 4.79 Å². The van der Waals surface area contributed by atoms with Crippen molar-refractivity contribution < 1.29 is 15.0 Å². The lowest BCUT2D eigenvalue weighted by molar-refractivity contribution is -0.131. The van der Waals surface area contributed by atoms with Crippen LogP contribution in [0.3, 0.4) is 0 Å². The number of hydrogen-bond acceptors (Lipinski definition) is 2. The van der Waals surface area contributed by atoms with Gasteiger partial charge in [-0.15, -0.1) is 0 Å². The van der Waals surface area contributed by atoms with Crippen LogP contribution in [-0.2, 0) is 4.79 Å². The zero-order valence-electron chi connectivity index (χ0n) is 10.3. The first-order valence-corrected chi connectivity index (χ1v) is 5.15. The second kappa shape index (κ2) is 12.2. The van der Waals surface area contributed by atoms with Crippen molar-refractivity contribution in [3.05, 3.63) is 55.1 Å². The van der Waals surface area contributed by atoms with Crippen LogP contribution in [0, 0.1) is 0 Å². The number of carbonyl (C=O) groups is 1. The van der Waals surface area contributed by atoms with E-state index in [4.69, 9.17) is 10.2 Å². The minimum absolute atomic E-state index is 0.167. The lowest BCUT2D eigenvalue weighted by Gasteiger charge is -1.85. The highest BCUT2D eigenvalue weighted by molar-refractivity contribution is 5.78. The molecule has 3 heteroatoms. The Bertz CT molecular complexity index is 313. The maximum atomic E-state index is 9.25. The quantitative estimate of drug-likeness (QED) is 0.776. The highest BCUT2D eigenvalue weighted by Gasteiger charge is 1.75. The summed E-state index contributed by atoms with van der Waals surface area (Å²) in [5, 5.41) is 15.7. The number of carboxylic acid groups (broad SMARTS) is 1. The third kappa shape index (κ3) is 20.3. The smallest absolute Gasteiger partial charge is 0.327 e. The molecule has 0 bridgehead atoms. The largest absolute Gasteiger partial charge is 0.478 e. The van der Waals surface area contributed by atoms with Gasteiger partial charge in [-0.05, 0) is 19.4 Å². The van der Waals surface area contributed by atoms with Crippen LogP contribution in [0.1, 0.15) is 19.4 Å². The molecule has 0 amide bonds. The molecule has 0 radical (unpaired) electrons. The van der Waals surface area contributed by atoms with Gasteiger partial charge in [0.25, 0.3) is 0 Å². The summed E-state index contributed by atoms with van der Waals surface area (Å²) in [6, 6.07) is 10.0. The predicted octanol–water partition coefficient (Wildman–Crippen LogP) is 2.97. The SMILES string of the molecule is C=CC(=O)O.C=Cc1ccccc1.CC(C)O. The standard InChI is InChI=1S/C8H8.C3H4O2.C3H8O/c1-2-8-6-4-3-5-7-8;1-2-3(4)5;1-3(2)4/h2-7H,1H2;2H,1H2,(H,4,5);3-4H,1-2H3. The number of benzene rings is 1. The van der Waals surface area contributed by atoms with Crippen LogP contribution in [0.25, 0.3) is 6.08 Å². The Morgan fingerprint density at radius 2 is 1.59 bits per heavy atom. The van der Waals surface area contributed by atoms with Crippen molar-refractivity contribution in [3.63, 3.8) is 0 Å². The number of aliphatic carboxylic acids is 1. The lowest BCUT2D eigenvalue weighted by atomic mass is 10.2. The van der Waals surface area contributed by atoms with Crippen LogP contribution >= 0.6 is 0 Å². The Balaban J connectivity index is 0. The second-order valence-electron chi connectivity index (χ2n) is 3.25. The van der Waals surface area contributed by atoms with E-state index in [0.717, 1.165) is 6.08 Å². The fraction of sp³-hybridized carbons (Fsp3) is 0.214. The highest BCUT2D eigenvalue weighted by Crippen LogP contribution is 1.97. The molecule has 0 aliphatic carbocycles. The van der Waals surface area contributed by atoms with E-state index in [-0.39, 0.29) is 6.10 Å². The number of hydrogen-bond donors (Lipinski definition) is 2. The van der Waals surface area contributed by atoms with Crippen molar-refractivity contribution >= 4 is 12.0 Å². The van der Waals surface area contributed by atoms with Crippen molar-refractivity contribution in [2.24, 2.45) is 0 Å². The highest BCUT2D eigenvalue weighted by atomic mass is 16.4. The van der Waals surface area contributed by atoms with Gasteiger partial charge in [0.2, 0.25) is 0 Å². The Morgan fingerprint density at radius 1 is 1.24 bits per heavy atom. The minimum Gasteiger partial charge on any atom is -0.478 e. The topological polar surface area (TPSA) is 57.5 Å². The molecular weight excluding hydrogens is 216 g/mol. The van der Waals surface area contributed by atoms with E-state index >= 15 is 0 Å². The van der Waals surface area contributed by atoms with Gasteiger partial charge in [0.15, 0.2) is 0 Å². The minimum atomic E-state index is -0.981. The van der Waals surface area contributed by atoms with Gasteiger partial charge < -0.3 is 10.2 Å². The van der Waals surface area contributed by atoms with E-state index in [1.807, 2.05) is 36.4 Å². The molecule has 0 saturated carbocycles. The molecule has 1 aromatic rings. The first kappa shape index (κ1) is 17.5. The van der Waals surface area contributed by atoms with Gasteiger partial charge in [-0.3, -0.25) is 0 Å². The fourth-order valence-corrected chi connectivity index (χ4v) is 0.589. The van der Waals surface area contributed by atoms with Gasteiger partial charge in [-0.2, -0.15) is 0 Å². The molecule has 0 atom stereocenters. The van der Waals surface area contributed by atoms with Gasteiger partial charge in [-0.1, -0.05) is 49.6 Å². The molecule has 0 fully saturated rings. The van der Waals surface area contributed by atoms with Crippen LogP contribution in [0.5, 0.6) is 0 Å². The summed E-state index contributed by atoms with van der Waals surface area (Å²) in [6.07, 6.45) is 2.50. The fourth-order valence-electron chi connectivity index (χ4n) is 0.589. The van der Waals surface area contributed by atoms with E-state index in [2.05, 4.69) is 13.2 Å². The summed E-state index contributed by atoms with van der Waals surface area (Å²) < 4.78 is 0. The van der Waals surface area contributed by atoms with Crippen LogP contribution in [0.4, 0.5) is 0 Å². The average Bonchev–Trinajstić information content (AvgIpc) is 2.30. The summed E-state index contributed by atoms with van der Waals surface area (Å²) in [4.78, 5) is 9.25. The monoisotopic (exact) mass is 236 g/mol. The first-order chi connectivity index (χ1) is 7.93. The Labute approximate surface area is 103 Å². The molecule has 0 spiro atoms. The lowest BCUT2D eigenvalue weighted by Crippen LogP contribution is -1.85. The molecular formula is C14H20O3. The van der Waals surface area contributed by atoms with Crippen molar-refractivity contribution in [2.45, 2.75) is 20.0 Å². The summed E-state index contributed by atoms with van der Waals surface area (Å²) in [5.74, 6) is -0.981. The van der Waals surface area contributed by atoms with E-state index in [1.54, 1.807) is 13.8 Å². The Morgan fingerprint density at radius 3 is 1.76 bits per heavy atom. The zero-order chi connectivity index (χ0) is 13.7. The van der Waals surface area contributed by atoms with Crippen LogP contribution in [0.15, 0.2) is 49.6 Å². The molecule has 0 saturated heterocycles. The van der Waals surface area contributed by atoms with Crippen LogP contribution in [-0.4, -0.2) is 22.3 Å². The van der Waals surface area contributed by atoms with E-state index in [0.29, 0.717) is 0 Å². The molecule has 17 heavy (non-hydrogen) atoms. The van der Waals surface area contributed by atoms with Crippen LogP contribution < -0.4 is 0 Å². The molecule has 3 nitrogen and oxygen atoms in total. The number of carboxylic acids is 1. The maximum Gasteiger partial charge on any atom is 0.327 e.